The second-order valence-electron chi connectivity index (χ2n) is 5.00. The summed E-state index contributed by atoms with van der Waals surface area (Å²) in [7, 11) is 0. The summed E-state index contributed by atoms with van der Waals surface area (Å²) in [4.78, 5) is 11.5. The molecule has 0 aromatic carbocycles. The van der Waals surface area contributed by atoms with Gasteiger partial charge in [-0.25, -0.2) is 0 Å². The topological polar surface area (TPSA) is 69.6 Å². The molecule has 5 heteroatoms. The van der Waals surface area contributed by atoms with Gasteiger partial charge in [-0.1, -0.05) is 0 Å². The lowest BCUT2D eigenvalue weighted by Crippen LogP contribution is -2.57. The molecule has 0 bridgehead atoms. The minimum absolute atomic E-state index is 0.166. The van der Waals surface area contributed by atoms with Crippen LogP contribution in [0.1, 0.15) is 39.5 Å². The Hall–Kier alpha value is -0.260. The molecule has 1 aliphatic carbocycles. The summed E-state index contributed by atoms with van der Waals surface area (Å²) in [5, 5.41) is 21.9. The van der Waals surface area contributed by atoms with E-state index in [1.54, 1.807) is 11.8 Å². The Morgan fingerprint density at radius 2 is 2.29 bits per heavy atom. The van der Waals surface area contributed by atoms with E-state index in [1.807, 2.05) is 13.8 Å². The Balaban J connectivity index is 2.66. The first-order valence-electron chi connectivity index (χ1n) is 6.24. The molecule has 0 aromatic rings. The van der Waals surface area contributed by atoms with E-state index in [2.05, 4.69) is 5.32 Å². The quantitative estimate of drug-likeness (QED) is 0.675. The molecule has 0 radical (unpaired) electrons. The zero-order valence-corrected chi connectivity index (χ0v) is 11.4. The highest BCUT2D eigenvalue weighted by atomic mass is 32.2. The number of aliphatic hydroxyl groups is 1. The maximum Gasteiger partial charge on any atom is 0.323 e. The lowest BCUT2D eigenvalue weighted by Gasteiger charge is -2.39. The predicted octanol–water partition coefficient (Wildman–Crippen LogP) is 1.48. The summed E-state index contributed by atoms with van der Waals surface area (Å²) < 4.78 is 0. The second kappa shape index (κ2) is 6.61. The number of hydrogen-bond acceptors (Lipinski definition) is 4. The maximum absolute atomic E-state index is 11.5. The largest absolute Gasteiger partial charge is 0.480 e. The monoisotopic (exact) mass is 261 g/mol. The molecule has 0 aliphatic heterocycles. The van der Waals surface area contributed by atoms with E-state index in [-0.39, 0.29) is 12.6 Å². The first-order valence-corrected chi connectivity index (χ1v) is 7.28. The van der Waals surface area contributed by atoms with Gasteiger partial charge < -0.3 is 10.2 Å². The normalized spacial score (nSPS) is 29.5. The molecule has 0 aromatic heterocycles. The first-order chi connectivity index (χ1) is 8.00. The minimum atomic E-state index is -0.764. The number of aliphatic hydroxyl groups excluding tert-OH is 1. The third-order valence-corrected chi connectivity index (χ3v) is 4.42. The second-order valence-corrected chi connectivity index (χ2v) is 6.41. The Morgan fingerprint density at radius 1 is 1.59 bits per heavy atom. The number of hydrogen-bond donors (Lipinski definition) is 3. The first kappa shape index (κ1) is 14.8. The molecule has 1 rings (SSSR count). The van der Waals surface area contributed by atoms with Crippen LogP contribution in [0.4, 0.5) is 0 Å². The lowest BCUT2D eigenvalue weighted by atomic mass is 9.81. The molecule has 0 saturated heterocycles. The Kier molecular flexibility index (Phi) is 5.76. The van der Waals surface area contributed by atoms with Gasteiger partial charge in [-0.3, -0.25) is 10.1 Å². The van der Waals surface area contributed by atoms with Crippen LogP contribution < -0.4 is 5.32 Å². The van der Waals surface area contributed by atoms with Crippen molar-refractivity contribution in [2.45, 2.75) is 56.4 Å². The lowest BCUT2D eigenvalue weighted by molar-refractivity contribution is -0.146. The third kappa shape index (κ3) is 4.16. The van der Waals surface area contributed by atoms with Gasteiger partial charge in [0.05, 0.1) is 6.61 Å². The summed E-state index contributed by atoms with van der Waals surface area (Å²) in [5.74, 6) is -0.0392. The van der Waals surface area contributed by atoms with E-state index in [1.165, 1.54) is 0 Å². The number of carboxylic acids is 1. The molecule has 0 amide bonds. The van der Waals surface area contributed by atoms with E-state index < -0.39 is 11.5 Å². The fourth-order valence-electron chi connectivity index (χ4n) is 2.53. The maximum atomic E-state index is 11.5. The molecule has 1 fully saturated rings. The Bertz CT molecular complexity index is 260. The summed E-state index contributed by atoms with van der Waals surface area (Å²) in [6, 6.07) is 0.174. The van der Waals surface area contributed by atoms with Gasteiger partial charge in [-0.15, -0.1) is 0 Å². The van der Waals surface area contributed by atoms with Crippen molar-refractivity contribution in [1.82, 2.24) is 5.32 Å². The average molecular weight is 261 g/mol. The van der Waals surface area contributed by atoms with Crippen LogP contribution in [-0.2, 0) is 4.79 Å². The van der Waals surface area contributed by atoms with E-state index >= 15 is 0 Å². The van der Waals surface area contributed by atoms with Gasteiger partial charge in [0.1, 0.15) is 5.54 Å². The molecule has 0 spiro atoms. The van der Waals surface area contributed by atoms with Gasteiger partial charge in [0.2, 0.25) is 0 Å². The molecule has 0 heterocycles. The fourth-order valence-corrected chi connectivity index (χ4v) is 3.70. The number of carboxylic acid groups (broad SMARTS) is 1. The molecule has 3 N–H and O–H groups in total. The van der Waals surface area contributed by atoms with Crippen LogP contribution in [-0.4, -0.2) is 45.4 Å². The Morgan fingerprint density at radius 3 is 2.82 bits per heavy atom. The summed E-state index contributed by atoms with van der Waals surface area (Å²) in [5.41, 5.74) is -0.764. The molecular weight excluding hydrogens is 238 g/mol. The van der Waals surface area contributed by atoms with Gasteiger partial charge in [-0.05, 0) is 39.5 Å². The zero-order valence-electron chi connectivity index (χ0n) is 10.6. The highest BCUT2D eigenvalue weighted by Crippen LogP contribution is 2.35. The van der Waals surface area contributed by atoms with Gasteiger partial charge in [0, 0.05) is 17.0 Å². The fraction of sp³-hybridized carbons (Fsp3) is 0.917. The molecule has 2 unspecified atom stereocenters. The van der Waals surface area contributed by atoms with Gasteiger partial charge in [0.25, 0.3) is 0 Å². The summed E-state index contributed by atoms with van der Waals surface area (Å²) in [6.45, 7) is 4.13. The van der Waals surface area contributed by atoms with Crippen molar-refractivity contribution < 1.29 is 15.0 Å². The number of rotatable bonds is 6. The molecule has 4 nitrogen and oxygen atoms in total. The van der Waals surface area contributed by atoms with Crippen LogP contribution in [0.15, 0.2) is 0 Å². The zero-order chi connectivity index (χ0) is 12.9. The van der Waals surface area contributed by atoms with Crippen LogP contribution in [0.25, 0.3) is 0 Å². The smallest absolute Gasteiger partial charge is 0.323 e. The number of nitrogens with one attached hydrogen (secondary N) is 1. The summed E-state index contributed by atoms with van der Waals surface area (Å²) in [6.07, 6.45) is 3.36. The Labute approximate surface area is 107 Å². The minimum Gasteiger partial charge on any atom is -0.480 e. The molecular formula is C12H23NO3S. The molecule has 1 aliphatic rings. The molecule has 17 heavy (non-hydrogen) atoms. The molecule has 2 atom stereocenters. The standard InChI is InChI=1S/C12H23NO3S/c1-9(2)13-12(11(15)16)5-3-4-10(8-12)17-7-6-14/h9-10,13-14H,3-8H2,1-2H3,(H,15,16). The van der Waals surface area contributed by atoms with Crippen LogP contribution in [0.3, 0.4) is 0 Å². The van der Waals surface area contributed by atoms with Gasteiger partial charge >= 0.3 is 5.97 Å². The van der Waals surface area contributed by atoms with Gasteiger partial charge in [-0.2, -0.15) is 11.8 Å². The van der Waals surface area contributed by atoms with Crippen LogP contribution in [0.5, 0.6) is 0 Å². The molecule has 1 saturated carbocycles. The van der Waals surface area contributed by atoms with Crippen molar-refractivity contribution in [2.24, 2.45) is 0 Å². The number of aliphatic carboxylic acids is 1. The number of thioether (sulfide) groups is 1. The van der Waals surface area contributed by atoms with E-state index in [4.69, 9.17) is 5.11 Å². The summed E-state index contributed by atoms with van der Waals surface area (Å²) >= 11 is 1.69. The van der Waals surface area contributed by atoms with Crippen molar-refractivity contribution in [1.29, 1.82) is 0 Å². The molecule has 100 valence electrons. The van der Waals surface area contributed by atoms with Crippen molar-refractivity contribution in [3.63, 3.8) is 0 Å². The SMILES string of the molecule is CC(C)NC1(C(=O)O)CCCC(SCCO)C1. The van der Waals surface area contributed by atoms with Crippen LogP contribution in [0.2, 0.25) is 0 Å². The van der Waals surface area contributed by atoms with Crippen molar-refractivity contribution in [3.05, 3.63) is 0 Å². The average Bonchev–Trinajstić information content (AvgIpc) is 2.25. The van der Waals surface area contributed by atoms with E-state index in [9.17, 15) is 9.90 Å². The number of carbonyl (C=O) groups is 1. The third-order valence-electron chi connectivity index (χ3n) is 3.12. The van der Waals surface area contributed by atoms with Gasteiger partial charge in [0.15, 0.2) is 0 Å². The highest BCUT2D eigenvalue weighted by molar-refractivity contribution is 7.99. The predicted molar refractivity (Wildman–Crippen MR) is 70.4 cm³/mol. The van der Waals surface area contributed by atoms with Crippen molar-refractivity contribution >= 4 is 17.7 Å². The highest BCUT2D eigenvalue weighted by Gasteiger charge is 2.43. The van der Waals surface area contributed by atoms with E-state index in [0.717, 1.165) is 12.8 Å². The van der Waals surface area contributed by atoms with Crippen molar-refractivity contribution in [3.8, 4) is 0 Å². The van der Waals surface area contributed by atoms with Crippen LogP contribution >= 0.6 is 11.8 Å². The van der Waals surface area contributed by atoms with Crippen LogP contribution in [0, 0.1) is 0 Å². The van der Waals surface area contributed by atoms with Crippen molar-refractivity contribution in [2.75, 3.05) is 12.4 Å². The van der Waals surface area contributed by atoms with E-state index in [0.29, 0.717) is 23.8 Å².